The van der Waals surface area contributed by atoms with Gasteiger partial charge in [-0.1, -0.05) is 18.2 Å². The normalized spacial score (nSPS) is 15.2. The summed E-state index contributed by atoms with van der Waals surface area (Å²) >= 11 is 1.29. The zero-order chi connectivity index (χ0) is 28.6. The van der Waals surface area contributed by atoms with Crippen LogP contribution in [0.25, 0.3) is 0 Å². The van der Waals surface area contributed by atoms with Gasteiger partial charge in [0.1, 0.15) is 6.04 Å². The highest BCUT2D eigenvalue weighted by Crippen LogP contribution is 2.35. The van der Waals surface area contributed by atoms with E-state index in [4.69, 9.17) is 14.2 Å². The van der Waals surface area contributed by atoms with Gasteiger partial charge in [0.25, 0.3) is 5.91 Å². The lowest BCUT2D eigenvalue weighted by molar-refractivity contribution is -0.126. The van der Waals surface area contributed by atoms with Crippen LogP contribution in [-0.2, 0) is 14.3 Å². The summed E-state index contributed by atoms with van der Waals surface area (Å²) in [4.78, 5) is 42.4. The van der Waals surface area contributed by atoms with E-state index in [1.54, 1.807) is 35.7 Å². The largest absolute Gasteiger partial charge is 0.493 e. The fourth-order valence-electron chi connectivity index (χ4n) is 4.61. The maximum absolute atomic E-state index is 13.9. The first-order valence-corrected chi connectivity index (χ1v) is 14.0. The Labute approximate surface area is 238 Å². The van der Waals surface area contributed by atoms with Gasteiger partial charge in [0.2, 0.25) is 11.8 Å². The monoisotopic (exact) mass is 565 g/mol. The third-order valence-corrected chi connectivity index (χ3v) is 7.81. The highest BCUT2D eigenvalue weighted by atomic mass is 32.1. The fourth-order valence-corrected chi connectivity index (χ4v) is 5.25. The minimum absolute atomic E-state index is 0.0779. The molecule has 1 fully saturated rings. The van der Waals surface area contributed by atoms with Crippen LogP contribution in [0.3, 0.4) is 0 Å². The van der Waals surface area contributed by atoms with Crippen molar-refractivity contribution in [3.63, 3.8) is 0 Å². The minimum Gasteiger partial charge on any atom is -0.493 e. The average molecular weight is 566 g/mol. The summed E-state index contributed by atoms with van der Waals surface area (Å²) in [6.07, 6.45) is 1.72. The fraction of sp³-hybridized carbons (Fsp3) is 0.367. The zero-order valence-corrected chi connectivity index (χ0v) is 24.0. The lowest BCUT2D eigenvalue weighted by Gasteiger charge is -2.32. The van der Waals surface area contributed by atoms with Gasteiger partial charge >= 0.3 is 0 Å². The Morgan fingerprint density at radius 1 is 1.02 bits per heavy atom. The summed E-state index contributed by atoms with van der Waals surface area (Å²) in [6, 6.07) is 13.1. The van der Waals surface area contributed by atoms with Gasteiger partial charge in [-0.15, -0.1) is 11.3 Å². The van der Waals surface area contributed by atoms with Crippen LogP contribution in [0.1, 0.15) is 45.2 Å². The number of rotatable bonds is 11. The molecule has 2 atom stereocenters. The topological polar surface area (TPSA) is 106 Å². The molecule has 3 amide bonds. The molecule has 0 unspecified atom stereocenters. The number of carbonyl (C=O) groups is 3. The molecule has 9 nitrogen and oxygen atoms in total. The Bertz CT molecular complexity index is 1340. The van der Waals surface area contributed by atoms with E-state index in [-0.39, 0.29) is 24.5 Å². The van der Waals surface area contributed by atoms with Gasteiger partial charge in [-0.25, -0.2) is 0 Å². The minimum atomic E-state index is -1.06. The summed E-state index contributed by atoms with van der Waals surface area (Å²) in [5, 5.41) is 7.50. The van der Waals surface area contributed by atoms with E-state index in [0.29, 0.717) is 40.8 Å². The molecule has 1 aliphatic heterocycles. The van der Waals surface area contributed by atoms with Crippen LogP contribution in [-0.4, -0.2) is 57.7 Å². The molecule has 0 radical (unpaired) electrons. The average Bonchev–Trinajstić information content (AvgIpc) is 3.69. The molecule has 2 N–H and O–H groups in total. The number of carbonyl (C=O) groups excluding carboxylic acids is 3. The third-order valence-electron chi connectivity index (χ3n) is 6.94. The molecule has 3 aromatic rings. The van der Waals surface area contributed by atoms with Crippen molar-refractivity contribution >= 4 is 34.7 Å². The molecule has 0 aliphatic carbocycles. The van der Waals surface area contributed by atoms with E-state index in [1.165, 1.54) is 30.5 Å². The molecule has 212 valence electrons. The molecular weight excluding hydrogens is 530 g/mol. The zero-order valence-electron chi connectivity index (χ0n) is 23.2. The molecule has 1 aromatic heterocycles. The molecule has 2 heterocycles. The van der Waals surface area contributed by atoms with Crippen LogP contribution in [0.5, 0.6) is 11.5 Å². The lowest BCUT2D eigenvalue weighted by atomic mass is 10.0. The Morgan fingerprint density at radius 2 is 1.82 bits per heavy atom. The van der Waals surface area contributed by atoms with Crippen molar-refractivity contribution in [1.29, 1.82) is 0 Å². The Kier molecular flexibility index (Phi) is 9.79. The molecule has 1 saturated heterocycles. The van der Waals surface area contributed by atoms with E-state index in [1.807, 2.05) is 32.0 Å². The molecule has 1 aliphatic rings. The Hall–Kier alpha value is -3.89. The molecule has 4 rings (SSSR count). The van der Waals surface area contributed by atoms with E-state index < -0.39 is 11.9 Å². The third kappa shape index (κ3) is 6.81. The number of benzene rings is 2. The number of nitrogens with zero attached hydrogens (tertiary/aromatic N) is 1. The van der Waals surface area contributed by atoms with Crippen LogP contribution >= 0.6 is 11.3 Å². The van der Waals surface area contributed by atoms with Crippen molar-refractivity contribution < 1.29 is 28.6 Å². The number of hydrogen-bond donors (Lipinski definition) is 2. The van der Waals surface area contributed by atoms with Crippen molar-refractivity contribution in [2.45, 2.75) is 38.8 Å². The number of nitrogens with one attached hydrogen (secondary N) is 2. The number of amides is 3. The number of hydrogen-bond acceptors (Lipinski definition) is 7. The van der Waals surface area contributed by atoms with Crippen molar-refractivity contribution in [2.75, 3.05) is 38.8 Å². The molecule has 2 aromatic carbocycles. The van der Waals surface area contributed by atoms with E-state index in [9.17, 15) is 14.4 Å². The van der Waals surface area contributed by atoms with Crippen LogP contribution in [0, 0.1) is 13.8 Å². The second-order valence-electron chi connectivity index (χ2n) is 9.59. The Balaban J connectivity index is 1.73. The van der Waals surface area contributed by atoms with Crippen LogP contribution in [0.15, 0.2) is 53.9 Å². The van der Waals surface area contributed by atoms with Gasteiger partial charge in [-0.2, -0.15) is 0 Å². The first kappa shape index (κ1) is 29.1. The first-order valence-electron chi connectivity index (χ1n) is 13.1. The second kappa shape index (κ2) is 13.5. The molecule has 40 heavy (non-hydrogen) atoms. The number of aryl methyl sites for hydroxylation is 2. The van der Waals surface area contributed by atoms with Gasteiger partial charge in [0, 0.05) is 18.8 Å². The maximum Gasteiger partial charge on any atom is 0.261 e. The Morgan fingerprint density at radius 3 is 2.48 bits per heavy atom. The SMILES string of the molecule is COc1ccc([C@@H](C(=O)NC[C@@H]2CCCO2)N(C(=O)CNC(=O)c2cccs2)c2ccc(C)c(C)c2)cc1OC. The van der Waals surface area contributed by atoms with Gasteiger partial charge in [0.15, 0.2) is 11.5 Å². The van der Waals surface area contributed by atoms with Gasteiger partial charge in [-0.05, 0) is 79.1 Å². The maximum atomic E-state index is 13.9. The van der Waals surface area contributed by atoms with E-state index in [2.05, 4.69) is 10.6 Å². The summed E-state index contributed by atoms with van der Waals surface area (Å²) in [7, 11) is 3.05. The smallest absolute Gasteiger partial charge is 0.261 e. The predicted molar refractivity (Wildman–Crippen MR) is 154 cm³/mol. The molecule has 0 spiro atoms. The second-order valence-corrected chi connectivity index (χ2v) is 10.5. The highest BCUT2D eigenvalue weighted by molar-refractivity contribution is 7.12. The highest BCUT2D eigenvalue weighted by Gasteiger charge is 2.34. The number of methoxy groups -OCH3 is 2. The van der Waals surface area contributed by atoms with Crippen molar-refractivity contribution in [3.05, 3.63) is 75.5 Å². The lowest BCUT2D eigenvalue weighted by Crippen LogP contribution is -2.48. The van der Waals surface area contributed by atoms with Crippen molar-refractivity contribution in [1.82, 2.24) is 10.6 Å². The molecule has 0 bridgehead atoms. The number of ether oxygens (including phenoxy) is 3. The van der Waals surface area contributed by atoms with E-state index in [0.717, 1.165) is 24.0 Å². The molecule has 0 saturated carbocycles. The van der Waals surface area contributed by atoms with Crippen molar-refractivity contribution in [2.24, 2.45) is 0 Å². The van der Waals surface area contributed by atoms with Crippen LogP contribution in [0.4, 0.5) is 5.69 Å². The number of anilines is 1. The van der Waals surface area contributed by atoms with Gasteiger partial charge < -0.3 is 24.8 Å². The van der Waals surface area contributed by atoms with Crippen LogP contribution in [0.2, 0.25) is 0 Å². The predicted octanol–water partition coefficient (Wildman–Crippen LogP) is 4.18. The summed E-state index contributed by atoms with van der Waals surface area (Å²) in [5.41, 5.74) is 3.07. The molecule has 10 heteroatoms. The molecular formula is C30H35N3O6S. The van der Waals surface area contributed by atoms with E-state index >= 15 is 0 Å². The first-order chi connectivity index (χ1) is 19.3. The summed E-state index contributed by atoms with van der Waals surface area (Å²) < 4.78 is 16.6. The number of thiophene rings is 1. The standard InChI is InChI=1S/C30H35N3O6S/c1-19-9-11-22(15-20(19)2)33(27(34)18-32-29(35)26-8-6-14-40-26)28(30(36)31-17-23-7-5-13-39-23)21-10-12-24(37-3)25(16-21)38-4/h6,8-12,14-16,23,28H,5,7,13,17-18H2,1-4H3,(H,31,36)(H,32,35)/t23-,28-/m0/s1. The van der Waals surface area contributed by atoms with Gasteiger partial charge in [-0.3, -0.25) is 19.3 Å². The quantitative estimate of drug-likeness (QED) is 0.361. The van der Waals surface area contributed by atoms with Crippen LogP contribution < -0.4 is 25.0 Å². The summed E-state index contributed by atoms with van der Waals surface area (Å²) in [5.74, 6) is -0.250. The summed E-state index contributed by atoms with van der Waals surface area (Å²) in [6.45, 7) is 4.62. The van der Waals surface area contributed by atoms with Crippen molar-refractivity contribution in [3.8, 4) is 11.5 Å². The van der Waals surface area contributed by atoms with Gasteiger partial charge in [0.05, 0.1) is 31.7 Å².